The fourth-order valence-corrected chi connectivity index (χ4v) is 3.87. The van der Waals surface area contributed by atoms with E-state index in [-0.39, 0.29) is 23.7 Å². The van der Waals surface area contributed by atoms with Gasteiger partial charge >= 0.3 is 0 Å². The number of aromatic nitrogens is 2. The average Bonchev–Trinajstić information content (AvgIpc) is 3.36. The largest absolute Gasteiger partial charge is 0.342 e. The van der Waals surface area contributed by atoms with E-state index in [1.165, 1.54) is 24.2 Å². The zero-order valence-electron chi connectivity index (χ0n) is 14.3. The Morgan fingerprint density at radius 3 is 2.54 bits per heavy atom. The van der Waals surface area contributed by atoms with Gasteiger partial charge in [-0.1, -0.05) is 31.1 Å². The summed E-state index contributed by atoms with van der Waals surface area (Å²) >= 11 is 1.47. The van der Waals surface area contributed by atoms with E-state index in [1.54, 1.807) is 0 Å². The average molecular weight is 350 g/mol. The molecule has 1 aliphatic heterocycles. The van der Waals surface area contributed by atoms with Gasteiger partial charge in [-0.15, -0.1) is 10.2 Å². The van der Waals surface area contributed by atoms with Crippen molar-refractivity contribution in [3.8, 4) is 0 Å². The van der Waals surface area contributed by atoms with Gasteiger partial charge in [0.05, 0.1) is 0 Å². The van der Waals surface area contributed by atoms with E-state index < -0.39 is 0 Å². The zero-order valence-corrected chi connectivity index (χ0v) is 15.1. The van der Waals surface area contributed by atoms with Crippen molar-refractivity contribution in [3.63, 3.8) is 0 Å². The fraction of sp³-hybridized carbons (Fsp3) is 0.765. The third-order valence-electron chi connectivity index (χ3n) is 4.80. The van der Waals surface area contributed by atoms with Gasteiger partial charge in [0.1, 0.15) is 5.01 Å². The molecule has 1 aliphatic carbocycles. The maximum absolute atomic E-state index is 12.4. The van der Waals surface area contributed by atoms with Gasteiger partial charge < -0.3 is 10.2 Å². The first kappa shape index (κ1) is 17.3. The van der Waals surface area contributed by atoms with Crippen LogP contribution in [-0.4, -0.2) is 40.0 Å². The highest BCUT2D eigenvalue weighted by Gasteiger charge is 2.36. The second-order valence-electron chi connectivity index (χ2n) is 6.82. The van der Waals surface area contributed by atoms with Crippen LogP contribution in [0, 0.1) is 11.8 Å². The topological polar surface area (TPSA) is 75.2 Å². The van der Waals surface area contributed by atoms with E-state index in [4.69, 9.17) is 0 Å². The summed E-state index contributed by atoms with van der Waals surface area (Å²) in [7, 11) is 0. The van der Waals surface area contributed by atoms with Crippen molar-refractivity contribution in [1.82, 2.24) is 15.1 Å². The molecule has 0 radical (unpaired) electrons. The van der Waals surface area contributed by atoms with Crippen LogP contribution in [0.2, 0.25) is 0 Å². The van der Waals surface area contributed by atoms with Crippen molar-refractivity contribution in [1.29, 1.82) is 0 Å². The lowest BCUT2D eigenvalue weighted by atomic mass is 9.95. The van der Waals surface area contributed by atoms with Gasteiger partial charge in [0.15, 0.2) is 0 Å². The summed E-state index contributed by atoms with van der Waals surface area (Å²) in [6.07, 6.45) is 7.99. The first-order valence-corrected chi connectivity index (χ1v) is 9.91. The Labute approximate surface area is 147 Å². The SMILES string of the molecule is CCCCCc1nnc(NC(=O)C2CCN(C(=O)C3CC3)CC2)s1. The Morgan fingerprint density at radius 1 is 1.12 bits per heavy atom. The Kier molecular flexibility index (Phi) is 5.81. The van der Waals surface area contributed by atoms with Crippen LogP contribution in [0.5, 0.6) is 0 Å². The summed E-state index contributed by atoms with van der Waals surface area (Å²) in [5.41, 5.74) is 0. The molecule has 2 amide bonds. The molecule has 6 nitrogen and oxygen atoms in total. The van der Waals surface area contributed by atoms with Gasteiger partial charge in [-0.25, -0.2) is 0 Å². The molecule has 0 bridgehead atoms. The molecule has 24 heavy (non-hydrogen) atoms. The van der Waals surface area contributed by atoms with E-state index in [0.29, 0.717) is 18.2 Å². The minimum Gasteiger partial charge on any atom is -0.342 e. The summed E-state index contributed by atoms with van der Waals surface area (Å²) in [6.45, 7) is 3.58. The number of hydrogen-bond acceptors (Lipinski definition) is 5. The maximum Gasteiger partial charge on any atom is 0.229 e. The summed E-state index contributed by atoms with van der Waals surface area (Å²) < 4.78 is 0. The molecular weight excluding hydrogens is 324 g/mol. The molecular formula is C17H26N4O2S. The number of piperidine rings is 1. The minimum absolute atomic E-state index is 0.0183. The monoisotopic (exact) mass is 350 g/mol. The molecule has 7 heteroatoms. The minimum atomic E-state index is -0.0271. The maximum atomic E-state index is 12.4. The molecule has 2 aliphatic rings. The fourth-order valence-electron chi connectivity index (χ4n) is 3.09. The van der Waals surface area contributed by atoms with Crippen LogP contribution in [-0.2, 0) is 16.0 Å². The second-order valence-corrected chi connectivity index (χ2v) is 7.88. The molecule has 0 aromatic carbocycles. The van der Waals surface area contributed by atoms with Crippen molar-refractivity contribution >= 4 is 28.3 Å². The van der Waals surface area contributed by atoms with Crippen molar-refractivity contribution in [3.05, 3.63) is 5.01 Å². The van der Waals surface area contributed by atoms with E-state index in [0.717, 1.165) is 43.5 Å². The molecule has 0 spiro atoms. The number of likely N-dealkylation sites (tertiary alicyclic amines) is 1. The highest BCUT2D eigenvalue weighted by Crippen LogP contribution is 2.32. The van der Waals surface area contributed by atoms with Gasteiger partial charge in [0, 0.05) is 31.3 Å². The van der Waals surface area contributed by atoms with Crippen molar-refractivity contribution in [2.24, 2.45) is 11.8 Å². The quantitative estimate of drug-likeness (QED) is 0.767. The van der Waals surface area contributed by atoms with Crippen LogP contribution in [0.15, 0.2) is 0 Å². The van der Waals surface area contributed by atoms with Crippen molar-refractivity contribution < 1.29 is 9.59 Å². The number of nitrogens with zero attached hydrogens (tertiary/aromatic N) is 3. The van der Waals surface area contributed by atoms with Crippen molar-refractivity contribution in [2.75, 3.05) is 18.4 Å². The Balaban J connectivity index is 1.43. The molecule has 132 valence electrons. The standard InChI is InChI=1S/C17H26N4O2S/c1-2-3-4-5-14-19-20-17(24-14)18-15(22)12-8-10-21(11-9-12)16(23)13-6-7-13/h12-13H,2-11H2,1H3,(H,18,20,22). The number of nitrogens with one attached hydrogen (secondary N) is 1. The third-order valence-corrected chi connectivity index (χ3v) is 5.69. The lowest BCUT2D eigenvalue weighted by molar-refractivity contribution is -0.135. The highest BCUT2D eigenvalue weighted by atomic mass is 32.1. The number of hydrogen-bond donors (Lipinski definition) is 1. The first-order chi connectivity index (χ1) is 11.7. The lowest BCUT2D eigenvalue weighted by Crippen LogP contribution is -2.42. The van der Waals surface area contributed by atoms with Crippen LogP contribution in [0.4, 0.5) is 5.13 Å². The van der Waals surface area contributed by atoms with Gasteiger partial charge in [0.2, 0.25) is 16.9 Å². The summed E-state index contributed by atoms with van der Waals surface area (Å²) in [5.74, 6) is 0.545. The second kappa shape index (κ2) is 8.05. The molecule has 0 atom stereocenters. The molecule has 2 fully saturated rings. The van der Waals surface area contributed by atoms with Crippen LogP contribution in [0.1, 0.15) is 56.9 Å². The number of anilines is 1. The predicted octanol–water partition coefficient (Wildman–Crippen LogP) is 2.86. The molecule has 3 rings (SSSR count). The Morgan fingerprint density at radius 2 is 1.88 bits per heavy atom. The third kappa shape index (κ3) is 4.53. The van der Waals surface area contributed by atoms with Gasteiger partial charge in [-0.3, -0.25) is 9.59 Å². The van der Waals surface area contributed by atoms with E-state index >= 15 is 0 Å². The zero-order chi connectivity index (χ0) is 16.9. The normalized spacial score (nSPS) is 18.6. The number of carbonyl (C=O) groups is 2. The van der Waals surface area contributed by atoms with Gasteiger partial charge in [-0.2, -0.15) is 0 Å². The van der Waals surface area contributed by atoms with E-state index in [9.17, 15) is 9.59 Å². The van der Waals surface area contributed by atoms with Crippen molar-refractivity contribution in [2.45, 2.75) is 58.3 Å². The Hall–Kier alpha value is -1.50. The number of amides is 2. The molecule has 1 aromatic rings. The number of carbonyl (C=O) groups excluding carboxylic acids is 2. The van der Waals surface area contributed by atoms with E-state index in [1.807, 2.05) is 4.90 Å². The highest BCUT2D eigenvalue weighted by molar-refractivity contribution is 7.15. The number of aryl methyl sites for hydroxylation is 1. The summed E-state index contributed by atoms with van der Waals surface area (Å²) in [4.78, 5) is 26.4. The molecule has 1 saturated carbocycles. The van der Waals surface area contributed by atoms with Crippen LogP contribution in [0.3, 0.4) is 0 Å². The van der Waals surface area contributed by atoms with Gasteiger partial charge in [-0.05, 0) is 32.1 Å². The molecule has 1 N–H and O–H groups in total. The molecule has 2 heterocycles. The van der Waals surface area contributed by atoms with Crippen LogP contribution >= 0.6 is 11.3 Å². The van der Waals surface area contributed by atoms with Crippen LogP contribution < -0.4 is 5.32 Å². The summed E-state index contributed by atoms with van der Waals surface area (Å²) in [5, 5.41) is 12.7. The first-order valence-electron chi connectivity index (χ1n) is 9.09. The van der Waals surface area contributed by atoms with Crippen LogP contribution in [0.25, 0.3) is 0 Å². The number of rotatable bonds is 7. The molecule has 1 aromatic heterocycles. The summed E-state index contributed by atoms with van der Waals surface area (Å²) in [6, 6.07) is 0. The van der Waals surface area contributed by atoms with Gasteiger partial charge in [0.25, 0.3) is 0 Å². The predicted molar refractivity (Wildman–Crippen MR) is 93.8 cm³/mol. The van der Waals surface area contributed by atoms with E-state index in [2.05, 4.69) is 22.4 Å². The Bertz CT molecular complexity index is 577. The smallest absolute Gasteiger partial charge is 0.229 e. The number of unbranched alkanes of at least 4 members (excludes halogenated alkanes) is 2. The lowest BCUT2D eigenvalue weighted by Gasteiger charge is -2.31. The molecule has 1 saturated heterocycles. The molecule has 0 unspecified atom stereocenters.